The van der Waals surface area contributed by atoms with Crippen molar-refractivity contribution < 1.29 is 8.85 Å². The molecule has 0 heterocycles. The molecule has 0 spiro atoms. The molecule has 0 aromatic heterocycles. The lowest BCUT2D eigenvalue weighted by molar-refractivity contribution is 0.212. The highest BCUT2D eigenvalue weighted by molar-refractivity contribution is 6.44. The summed E-state index contributed by atoms with van der Waals surface area (Å²) in [4.78, 5) is 0. The van der Waals surface area contributed by atoms with Crippen molar-refractivity contribution in [1.82, 2.24) is 0 Å². The van der Waals surface area contributed by atoms with Crippen LogP contribution in [0, 0.1) is 0 Å². The van der Waals surface area contributed by atoms with Gasteiger partial charge in [0, 0.05) is 13.2 Å². The van der Waals surface area contributed by atoms with E-state index in [1.165, 1.54) is 38.1 Å². The second-order valence-corrected chi connectivity index (χ2v) is 5.65. The number of rotatable bonds is 10. The molecule has 0 unspecified atom stereocenters. The summed E-state index contributed by atoms with van der Waals surface area (Å²) < 4.78 is 11.2. The van der Waals surface area contributed by atoms with Crippen molar-refractivity contribution in [3.8, 4) is 0 Å². The smallest absolute Gasteiger partial charge is 0.321 e. The number of hydrogen-bond acceptors (Lipinski definition) is 2. The molecule has 0 aliphatic heterocycles. The molecule has 0 aliphatic rings. The Labute approximate surface area is 90.8 Å². The Morgan fingerprint density at radius 3 is 1.86 bits per heavy atom. The highest BCUT2D eigenvalue weighted by Crippen LogP contribution is 2.09. The van der Waals surface area contributed by atoms with Gasteiger partial charge in [-0.2, -0.15) is 0 Å². The van der Waals surface area contributed by atoms with Crippen LogP contribution in [0.25, 0.3) is 0 Å². The predicted molar refractivity (Wildman–Crippen MR) is 64.0 cm³/mol. The summed E-state index contributed by atoms with van der Waals surface area (Å²) in [5, 5.41) is 0. The van der Waals surface area contributed by atoms with Crippen LogP contribution in [0.4, 0.5) is 0 Å². The average molecular weight is 218 g/mol. The first-order valence-corrected chi connectivity index (χ1v) is 7.84. The first-order chi connectivity index (χ1) is 6.85. The molecule has 0 amide bonds. The Morgan fingerprint density at radius 1 is 0.786 bits per heavy atom. The summed E-state index contributed by atoms with van der Waals surface area (Å²) in [6.45, 7) is 7.97. The van der Waals surface area contributed by atoms with Gasteiger partial charge in [0.1, 0.15) is 0 Å². The molecule has 0 bridgehead atoms. The Hall–Kier alpha value is 0.137. The third-order valence-electron chi connectivity index (χ3n) is 2.25. The van der Waals surface area contributed by atoms with Crippen molar-refractivity contribution >= 4 is 9.28 Å². The lowest BCUT2D eigenvalue weighted by Crippen LogP contribution is -2.22. The van der Waals surface area contributed by atoms with E-state index >= 15 is 0 Å². The minimum atomic E-state index is -1.29. The molecule has 14 heavy (non-hydrogen) atoms. The zero-order valence-electron chi connectivity index (χ0n) is 10.1. The number of unbranched alkanes of at least 4 members (excludes halogenated alkanes) is 4. The van der Waals surface area contributed by atoms with Crippen LogP contribution < -0.4 is 0 Å². The van der Waals surface area contributed by atoms with Crippen LogP contribution in [0.15, 0.2) is 0 Å². The van der Waals surface area contributed by atoms with E-state index in [-0.39, 0.29) is 0 Å². The fourth-order valence-electron chi connectivity index (χ4n) is 1.50. The summed E-state index contributed by atoms with van der Waals surface area (Å²) in [5.74, 6) is 0. The standard InChI is InChI=1S/C11H26O2Si/c1-4-7-8-9-10-11-14(12-5-2)13-6-3/h14H,4-11H2,1-3H3. The van der Waals surface area contributed by atoms with E-state index < -0.39 is 9.28 Å². The van der Waals surface area contributed by atoms with Crippen LogP contribution in [0.2, 0.25) is 6.04 Å². The molecule has 0 aliphatic carbocycles. The molecule has 0 N–H and O–H groups in total. The molecule has 2 nitrogen and oxygen atoms in total. The fraction of sp³-hybridized carbons (Fsp3) is 1.00. The average Bonchev–Trinajstić information content (AvgIpc) is 2.18. The minimum Gasteiger partial charge on any atom is -0.397 e. The second kappa shape index (κ2) is 11.2. The normalized spacial score (nSPS) is 11.1. The summed E-state index contributed by atoms with van der Waals surface area (Å²) in [5.41, 5.74) is 0. The van der Waals surface area contributed by atoms with Gasteiger partial charge >= 0.3 is 9.28 Å². The Bertz CT molecular complexity index is 103. The first-order valence-electron chi connectivity index (χ1n) is 6.08. The van der Waals surface area contributed by atoms with E-state index in [4.69, 9.17) is 8.85 Å². The van der Waals surface area contributed by atoms with Crippen molar-refractivity contribution in [2.45, 2.75) is 58.9 Å². The van der Waals surface area contributed by atoms with E-state index in [0.717, 1.165) is 13.2 Å². The Kier molecular flexibility index (Phi) is 11.3. The van der Waals surface area contributed by atoms with Gasteiger partial charge in [-0.1, -0.05) is 39.0 Å². The molecule has 0 aromatic carbocycles. The molecule has 0 atom stereocenters. The zero-order chi connectivity index (χ0) is 10.6. The maximum Gasteiger partial charge on any atom is 0.321 e. The van der Waals surface area contributed by atoms with E-state index in [1.54, 1.807) is 0 Å². The third-order valence-corrected chi connectivity index (χ3v) is 4.54. The van der Waals surface area contributed by atoms with Gasteiger partial charge in [-0.25, -0.2) is 0 Å². The Balaban J connectivity index is 3.30. The van der Waals surface area contributed by atoms with E-state index in [1.807, 2.05) is 0 Å². The SMILES string of the molecule is CCCCCCC[SiH](OCC)OCC. The van der Waals surface area contributed by atoms with Gasteiger partial charge in [0.05, 0.1) is 0 Å². The van der Waals surface area contributed by atoms with E-state index in [0.29, 0.717) is 0 Å². The third kappa shape index (κ3) is 8.72. The Morgan fingerprint density at radius 2 is 1.36 bits per heavy atom. The molecule has 0 aromatic rings. The van der Waals surface area contributed by atoms with Crippen molar-refractivity contribution in [2.24, 2.45) is 0 Å². The molecule has 0 saturated carbocycles. The molecule has 0 rings (SSSR count). The van der Waals surface area contributed by atoms with Crippen molar-refractivity contribution in [3.05, 3.63) is 0 Å². The van der Waals surface area contributed by atoms with Crippen LogP contribution in [-0.2, 0) is 8.85 Å². The van der Waals surface area contributed by atoms with Crippen LogP contribution in [0.5, 0.6) is 0 Å². The molecule has 0 radical (unpaired) electrons. The maximum atomic E-state index is 5.61. The fourth-order valence-corrected chi connectivity index (χ4v) is 3.30. The summed E-state index contributed by atoms with van der Waals surface area (Å²) >= 11 is 0. The van der Waals surface area contributed by atoms with E-state index in [9.17, 15) is 0 Å². The molecule has 0 saturated heterocycles. The highest BCUT2D eigenvalue weighted by Gasteiger charge is 2.10. The molecule has 0 fully saturated rings. The molecular formula is C11H26O2Si. The largest absolute Gasteiger partial charge is 0.397 e. The zero-order valence-corrected chi connectivity index (χ0v) is 11.2. The number of hydrogen-bond donors (Lipinski definition) is 0. The van der Waals surface area contributed by atoms with Gasteiger partial charge in [0.25, 0.3) is 0 Å². The summed E-state index contributed by atoms with van der Waals surface area (Å²) in [7, 11) is -1.29. The maximum absolute atomic E-state index is 5.61. The molecule has 3 heteroatoms. The van der Waals surface area contributed by atoms with Gasteiger partial charge in [-0.3, -0.25) is 0 Å². The van der Waals surface area contributed by atoms with Gasteiger partial charge < -0.3 is 8.85 Å². The first kappa shape index (κ1) is 14.1. The minimum absolute atomic E-state index is 0.811. The van der Waals surface area contributed by atoms with Crippen molar-refractivity contribution in [1.29, 1.82) is 0 Å². The van der Waals surface area contributed by atoms with Crippen LogP contribution >= 0.6 is 0 Å². The van der Waals surface area contributed by atoms with Gasteiger partial charge in [0.2, 0.25) is 0 Å². The monoisotopic (exact) mass is 218 g/mol. The highest BCUT2D eigenvalue weighted by atomic mass is 28.3. The van der Waals surface area contributed by atoms with Gasteiger partial charge in [-0.05, 0) is 19.9 Å². The van der Waals surface area contributed by atoms with E-state index in [2.05, 4.69) is 20.8 Å². The van der Waals surface area contributed by atoms with Crippen LogP contribution in [-0.4, -0.2) is 22.5 Å². The predicted octanol–water partition coefficient (Wildman–Crippen LogP) is 3.25. The van der Waals surface area contributed by atoms with Crippen LogP contribution in [0.1, 0.15) is 52.9 Å². The lowest BCUT2D eigenvalue weighted by Gasteiger charge is -2.14. The summed E-state index contributed by atoms with van der Waals surface area (Å²) in [6.07, 6.45) is 6.69. The lowest BCUT2D eigenvalue weighted by atomic mass is 10.2. The summed E-state index contributed by atoms with van der Waals surface area (Å²) in [6, 6.07) is 1.19. The molecular weight excluding hydrogens is 192 g/mol. The van der Waals surface area contributed by atoms with Crippen LogP contribution in [0.3, 0.4) is 0 Å². The van der Waals surface area contributed by atoms with Gasteiger partial charge in [0.15, 0.2) is 0 Å². The molecule has 86 valence electrons. The topological polar surface area (TPSA) is 18.5 Å². The quantitative estimate of drug-likeness (QED) is 0.414. The van der Waals surface area contributed by atoms with Crippen molar-refractivity contribution in [3.63, 3.8) is 0 Å². The van der Waals surface area contributed by atoms with Gasteiger partial charge in [-0.15, -0.1) is 0 Å². The second-order valence-electron chi connectivity index (χ2n) is 3.54. The van der Waals surface area contributed by atoms with Crippen molar-refractivity contribution in [2.75, 3.05) is 13.2 Å².